The van der Waals surface area contributed by atoms with Crippen molar-refractivity contribution in [2.24, 2.45) is 0 Å². The van der Waals surface area contributed by atoms with Gasteiger partial charge in [0.25, 0.3) is 0 Å². The molecule has 2 aromatic rings. The van der Waals surface area contributed by atoms with E-state index < -0.39 is 0 Å². The number of hydrogen-bond acceptors (Lipinski definition) is 3. The zero-order valence-corrected chi connectivity index (χ0v) is 9.70. The van der Waals surface area contributed by atoms with Crippen LogP contribution in [0.25, 0.3) is 0 Å². The Kier molecular flexibility index (Phi) is 3.41. The molecule has 84 valence electrons. The van der Waals surface area contributed by atoms with Crippen LogP contribution in [0.1, 0.15) is 25.2 Å². The van der Waals surface area contributed by atoms with E-state index in [2.05, 4.69) is 27.2 Å². The molecule has 0 saturated carbocycles. The zero-order chi connectivity index (χ0) is 11.4. The Balaban J connectivity index is 2.13. The molecule has 2 heterocycles. The largest absolute Gasteiger partial charge is 0.360 e. The maximum absolute atomic E-state index is 5.82. The number of nitrogens with zero attached hydrogens (tertiary/aromatic N) is 2. The lowest BCUT2D eigenvalue weighted by atomic mass is 10.2. The average Bonchev–Trinajstić information content (AvgIpc) is 2.79. The van der Waals surface area contributed by atoms with Crippen LogP contribution in [0.5, 0.6) is 0 Å². The molecule has 0 amide bonds. The van der Waals surface area contributed by atoms with Gasteiger partial charge in [0, 0.05) is 12.4 Å². The number of rotatable bonds is 4. The van der Waals surface area contributed by atoms with Crippen LogP contribution < -0.4 is 5.32 Å². The summed E-state index contributed by atoms with van der Waals surface area (Å²) in [5.74, 6) is 1.67. The van der Waals surface area contributed by atoms with E-state index in [1.165, 1.54) is 0 Å². The highest BCUT2D eigenvalue weighted by Crippen LogP contribution is 2.19. The lowest BCUT2D eigenvalue weighted by molar-refractivity contribution is 0.700. The summed E-state index contributed by atoms with van der Waals surface area (Å²) in [4.78, 5) is 11.5. The number of hydrogen-bond donors (Lipinski definition) is 2. The van der Waals surface area contributed by atoms with Crippen LogP contribution in [-0.4, -0.2) is 15.0 Å². The smallest absolute Gasteiger partial charge is 0.131 e. The molecule has 2 aromatic heterocycles. The van der Waals surface area contributed by atoms with Crippen LogP contribution in [0.4, 0.5) is 5.82 Å². The Hall–Kier alpha value is -1.55. The molecule has 0 fully saturated rings. The first kappa shape index (κ1) is 11.0. The molecule has 4 nitrogen and oxygen atoms in total. The predicted molar refractivity (Wildman–Crippen MR) is 64.5 cm³/mol. The van der Waals surface area contributed by atoms with Crippen molar-refractivity contribution in [2.75, 3.05) is 5.32 Å². The fourth-order valence-electron chi connectivity index (χ4n) is 1.50. The van der Waals surface area contributed by atoms with E-state index in [1.54, 1.807) is 12.3 Å². The Morgan fingerprint density at radius 1 is 1.50 bits per heavy atom. The molecular weight excluding hydrogens is 224 g/mol. The maximum Gasteiger partial charge on any atom is 0.131 e. The second-order valence-electron chi connectivity index (χ2n) is 3.43. The number of halogens is 1. The van der Waals surface area contributed by atoms with Gasteiger partial charge in [-0.05, 0) is 18.6 Å². The van der Waals surface area contributed by atoms with Gasteiger partial charge in [-0.2, -0.15) is 0 Å². The normalized spacial score (nSPS) is 12.4. The first-order valence-corrected chi connectivity index (χ1v) is 5.55. The number of nitrogens with one attached hydrogen (secondary N) is 2. The highest BCUT2D eigenvalue weighted by atomic mass is 35.5. The molecule has 16 heavy (non-hydrogen) atoms. The van der Waals surface area contributed by atoms with Crippen LogP contribution in [-0.2, 0) is 0 Å². The maximum atomic E-state index is 5.82. The van der Waals surface area contributed by atoms with Crippen molar-refractivity contribution in [3.8, 4) is 0 Å². The summed E-state index contributed by atoms with van der Waals surface area (Å²) in [6.45, 7) is 2.09. The third-order valence-corrected chi connectivity index (χ3v) is 2.51. The van der Waals surface area contributed by atoms with Crippen LogP contribution in [0, 0.1) is 0 Å². The molecule has 0 aromatic carbocycles. The highest BCUT2D eigenvalue weighted by Gasteiger charge is 2.11. The van der Waals surface area contributed by atoms with Crippen molar-refractivity contribution >= 4 is 17.4 Å². The van der Waals surface area contributed by atoms with Crippen molar-refractivity contribution in [3.63, 3.8) is 0 Å². The molecule has 1 atom stereocenters. The van der Waals surface area contributed by atoms with Gasteiger partial charge >= 0.3 is 0 Å². The molecule has 5 heteroatoms. The quantitative estimate of drug-likeness (QED) is 0.803. The SMILES string of the molecule is CCC(Nc1cccc(Cl)n1)c1ncc[nH]1. The van der Waals surface area contributed by atoms with Crippen molar-refractivity contribution in [1.82, 2.24) is 15.0 Å². The average molecular weight is 237 g/mol. The monoisotopic (exact) mass is 236 g/mol. The van der Waals surface area contributed by atoms with E-state index in [9.17, 15) is 0 Å². The number of aromatic nitrogens is 3. The Bertz CT molecular complexity index is 441. The molecule has 0 aliphatic rings. The van der Waals surface area contributed by atoms with Gasteiger partial charge in [-0.15, -0.1) is 0 Å². The van der Waals surface area contributed by atoms with Gasteiger partial charge in [0.15, 0.2) is 0 Å². The van der Waals surface area contributed by atoms with Crippen LogP contribution in [0.2, 0.25) is 5.15 Å². The summed E-state index contributed by atoms with van der Waals surface area (Å²) in [5.41, 5.74) is 0. The van der Waals surface area contributed by atoms with Crippen molar-refractivity contribution in [2.45, 2.75) is 19.4 Å². The molecule has 0 aliphatic heterocycles. The van der Waals surface area contributed by atoms with Gasteiger partial charge in [0.05, 0.1) is 6.04 Å². The number of imidazole rings is 1. The summed E-state index contributed by atoms with van der Waals surface area (Å²) in [6.07, 6.45) is 4.47. The third kappa shape index (κ3) is 2.52. The van der Waals surface area contributed by atoms with Gasteiger partial charge < -0.3 is 10.3 Å². The number of pyridine rings is 1. The van der Waals surface area contributed by atoms with E-state index in [1.807, 2.05) is 18.3 Å². The molecular formula is C11H13ClN4. The molecule has 0 bridgehead atoms. The van der Waals surface area contributed by atoms with Gasteiger partial charge in [0.1, 0.15) is 16.8 Å². The van der Waals surface area contributed by atoms with Gasteiger partial charge in [-0.25, -0.2) is 9.97 Å². The molecule has 2 rings (SSSR count). The van der Waals surface area contributed by atoms with Crippen molar-refractivity contribution < 1.29 is 0 Å². The van der Waals surface area contributed by atoms with Crippen LogP contribution in [0.3, 0.4) is 0 Å². The lowest BCUT2D eigenvalue weighted by Gasteiger charge is -2.15. The Morgan fingerprint density at radius 2 is 2.38 bits per heavy atom. The summed E-state index contributed by atoms with van der Waals surface area (Å²) >= 11 is 5.82. The summed E-state index contributed by atoms with van der Waals surface area (Å²) < 4.78 is 0. The van der Waals surface area contributed by atoms with E-state index in [-0.39, 0.29) is 6.04 Å². The third-order valence-electron chi connectivity index (χ3n) is 2.29. The van der Waals surface area contributed by atoms with E-state index >= 15 is 0 Å². The van der Waals surface area contributed by atoms with Gasteiger partial charge in [0.2, 0.25) is 0 Å². The highest BCUT2D eigenvalue weighted by molar-refractivity contribution is 6.29. The zero-order valence-electron chi connectivity index (χ0n) is 8.94. The first-order chi connectivity index (χ1) is 7.79. The van der Waals surface area contributed by atoms with Crippen LogP contribution in [0.15, 0.2) is 30.6 Å². The minimum Gasteiger partial charge on any atom is -0.360 e. The first-order valence-electron chi connectivity index (χ1n) is 5.18. The fraction of sp³-hybridized carbons (Fsp3) is 0.273. The minimum atomic E-state index is 0.126. The fourth-order valence-corrected chi connectivity index (χ4v) is 1.66. The van der Waals surface area contributed by atoms with Crippen LogP contribution >= 0.6 is 11.6 Å². The number of aromatic amines is 1. The predicted octanol–water partition coefficient (Wildman–Crippen LogP) is 3.02. The molecule has 0 radical (unpaired) electrons. The molecule has 0 spiro atoms. The van der Waals surface area contributed by atoms with Gasteiger partial charge in [-0.3, -0.25) is 0 Å². The molecule has 0 saturated heterocycles. The summed E-state index contributed by atoms with van der Waals surface area (Å²) in [7, 11) is 0. The lowest BCUT2D eigenvalue weighted by Crippen LogP contribution is -2.12. The topological polar surface area (TPSA) is 53.6 Å². The van der Waals surface area contributed by atoms with Gasteiger partial charge in [-0.1, -0.05) is 24.6 Å². The molecule has 2 N–H and O–H groups in total. The number of anilines is 1. The summed E-state index contributed by atoms with van der Waals surface area (Å²) in [5, 5.41) is 3.77. The second kappa shape index (κ2) is 4.99. The molecule has 1 unspecified atom stereocenters. The van der Waals surface area contributed by atoms with Crippen molar-refractivity contribution in [3.05, 3.63) is 41.6 Å². The summed E-state index contributed by atoms with van der Waals surface area (Å²) in [6, 6.07) is 5.63. The molecule has 0 aliphatic carbocycles. The number of H-pyrrole nitrogens is 1. The van der Waals surface area contributed by atoms with Crippen molar-refractivity contribution in [1.29, 1.82) is 0 Å². The Morgan fingerprint density at radius 3 is 3.00 bits per heavy atom. The van der Waals surface area contributed by atoms with E-state index in [4.69, 9.17) is 11.6 Å². The Labute approximate surface area is 99.1 Å². The standard InChI is InChI=1S/C11H13ClN4/c1-2-8(11-13-6-7-14-11)15-10-5-3-4-9(12)16-10/h3-8H,2H2,1H3,(H,13,14)(H,15,16). The minimum absolute atomic E-state index is 0.126. The second-order valence-corrected chi connectivity index (χ2v) is 3.81. The van der Waals surface area contributed by atoms with E-state index in [0.717, 1.165) is 18.1 Å². The van der Waals surface area contributed by atoms with E-state index in [0.29, 0.717) is 5.15 Å².